The third-order valence-corrected chi connectivity index (χ3v) is 5.50. The van der Waals surface area contributed by atoms with E-state index in [0.29, 0.717) is 24.8 Å². The van der Waals surface area contributed by atoms with Crippen molar-refractivity contribution in [3.8, 4) is 5.88 Å². The first-order valence-electron chi connectivity index (χ1n) is 8.92. The number of halogens is 1. The topological polar surface area (TPSA) is 84.6 Å². The van der Waals surface area contributed by atoms with Gasteiger partial charge in [-0.15, -0.1) is 0 Å². The molecule has 0 spiro atoms. The number of anilines is 2. The number of carbonyl (C=O) groups excluding carboxylic acids is 1. The first kappa shape index (κ1) is 17.5. The second-order valence-corrected chi connectivity index (χ2v) is 7.13. The molecule has 0 radical (unpaired) electrons. The monoisotopic (exact) mass is 371 g/mol. The van der Waals surface area contributed by atoms with Crippen molar-refractivity contribution >= 4 is 17.7 Å². The van der Waals surface area contributed by atoms with Crippen LogP contribution < -0.4 is 15.4 Å². The number of aromatic nitrogens is 2. The van der Waals surface area contributed by atoms with Crippen LogP contribution in [-0.2, 0) is 4.79 Å². The predicted molar refractivity (Wildman–Crippen MR) is 98.7 cm³/mol. The van der Waals surface area contributed by atoms with E-state index in [1.54, 1.807) is 19.1 Å². The summed E-state index contributed by atoms with van der Waals surface area (Å²) < 4.78 is 19.0. The normalized spacial score (nSPS) is 24.2. The first-order chi connectivity index (χ1) is 13.0. The van der Waals surface area contributed by atoms with Gasteiger partial charge in [0.15, 0.2) is 0 Å². The predicted octanol–water partition coefficient (Wildman–Crippen LogP) is 1.86. The number of rotatable bonds is 3. The fraction of sp³-hybridized carbons (Fsp3) is 0.421. The molecule has 1 aromatic heterocycles. The van der Waals surface area contributed by atoms with Gasteiger partial charge in [-0.25, -0.2) is 4.39 Å². The maximum atomic E-state index is 13.8. The van der Waals surface area contributed by atoms with Crippen LogP contribution in [0.15, 0.2) is 30.3 Å². The van der Waals surface area contributed by atoms with Gasteiger partial charge >= 0.3 is 0 Å². The van der Waals surface area contributed by atoms with E-state index in [0.717, 1.165) is 12.1 Å². The van der Waals surface area contributed by atoms with Gasteiger partial charge in [-0.1, -0.05) is 12.1 Å². The lowest BCUT2D eigenvalue weighted by atomic mass is 9.89. The zero-order valence-electron chi connectivity index (χ0n) is 15.3. The molecule has 0 saturated carbocycles. The van der Waals surface area contributed by atoms with Gasteiger partial charge in [0.1, 0.15) is 11.6 Å². The molecule has 0 unspecified atom stereocenters. The molecule has 2 fully saturated rings. The summed E-state index contributed by atoms with van der Waals surface area (Å²) in [5, 5.41) is 0. The summed E-state index contributed by atoms with van der Waals surface area (Å²) in [6, 6.07) is 8.15. The van der Waals surface area contributed by atoms with Gasteiger partial charge in [-0.2, -0.15) is 9.97 Å². The molecule has 2 saturated heterocycles. The van der Waals surface area contributed by atoms with Crippen LogP contribution in [0.1, 0.15) is 18.5 Å². The van der Waals surface area contributed by atoms with Crippen LogP contribution in [0.4, 0.5) is 16.2 Å². The van der Waals surface area contributed by atoms with Crippen LogP contribution in [0.3, 0.4) is 0 Å². The number of hydrogen-bond donors (Lipinski definition) is 1. The lowest BCUT2D eigenvalue weighted by Gasteiger charge is -2.29. The molecule has 1 amide bonds. The zero-order valence-corrected chi connectivity index (χ0v) is 15.3. The summed E-state index contributed by atoms with van der Waals surface area (Å²) in [6.07, 6.45) is 0. The van der Waals surface area contributed by atoms with Crippen molar-refractivity contribution in [3.05, 3.63) is 41.7 Å². The molecular weight excluding hydrogens is 349 g/mol. The summed E-state index contributed by atoms with van der Waals surface area (Å²) >= 11 is 0. The van der Waals surface area contributed by atoms with Gasteiger partial charge in [0.2, 0.25) is 17.7 Å². The van der Waals surface area contributed by atoms with Crippen LogP contribution in [-0.4, -0.2) is 47.5 Å². The highest BCUT2D eigenvalue weighted by Crippen LogP contribution is 2.46. The molecule has 7 nitrogen and oxygen atoms in total. The Kier molecular flexibility index (Phi) is 4.33. The van der Waals surface area contributed by atoms with Crippen LogP contribution in [0, 0.1) is 17.7 Å². The molecule has 2 aromatic rings. The molecule has 4 rings (SSSR count). The number of fused-ring (bicyclic) bond motifs is 1. The Bertz CT molecular complexity index is 877. The molecule has 0 aliphatic carbocycles. The van der Waals surface area contributed by atoms with Gasteiger partial charge in [-0.3, -0.25) is 4.79 Å². The van der Waals surface area contributed by atoms with Crippen molar-refractivity contribution in [1.82, 2.24) is 14.9 Å². The molecule has 8 heteroatoms. The van der Waals surface area contributed by atoms with Gasteiger partial charge in [-0.05, 0) is 17.7 Å². The third kappa shape index (κ3) is 3.15. The molecular formula is C19H22FN5O2. The Morgan fingerprint density at radius 2 is 2.07 bits per heavy atom. The fourth-order valence-corrected chi connectivity index (χ4v) is 4.37. The molecule has 3 heterocycles. The largest absolute Gasteiger partial charge is 0.481 e. The number of amides is 1. The number of likely N-dealkylation sites (tertiary alicyclic amines) is 1. The molecule has 3 atom stereocenters. The van der Waals surface area contributed by atoms with Crippen molar-refractivity contribution in [1.29, 1.82) is 0 Å². The van der Waals surface area contributed by atoms with E-state index in [4.69, 9.17) is 10.5 Å². The average Bonchev–Trinajstić information content (AvgIpc) is 3.19. The number of nitrogens with zero attached hydrogens (tertiary/aromatic N) is 4. The second kappa shape index (κ2) is 6.68. The van der Waals surface area contributed by atoms with E-state index in [2.05, 4.69) is 14.9 Å². The minimum Gasteiger partial charge on any atom is -0.481 e. The number of hydrogen-bond acceptors (Lipinski definition) is 6. The summed E-state index contributed by atoms with van der Waals surface area (Å²) in [5.41, 5.74) is 6.62. The smallest absolute Gasteiger partial charge is 0.225 e. The summed E-state index contributed by atoms with van der Waals surface area (Å²) in [7, 11) is 1.54. The lowest BCUT2D eigenvalue weighted by molar-refractivity contribution is -0.130. The van der Waals surface area contributed by atoms with Gasteiger partial charge in [0, 0.05) is 44.5 Å². The number of methoxy groups -OCH3 is 1. The number of carbonyl (C=O) groups is 1. The number of nitrogens with two attached hydrogens (primary N) is 1. The first-order valence-corrected chi connectivity index (χ1v) is 8.92. The summed E-state index contributed by atoms with van der Waals surface area (Å²) in [6.45, 7) is 3.67. The number of ether oxygens (including phenoxy) is 1. The summed E-state index contributed by atoms with van der Waals surface area (Å²) in [5.74, 6) is 1.49. The third-order valence-electron chi connectivity index (χ3n) is 5.50. The molecule has 142 valence electrons. The van der Waals surface area contributed by atoms with Crippen LogP contribution in [0.25, 0.3) is 0 Å². The molecule has 2 aliphatic heterocycles. The van der Waals surface area contributed by atoms with Crippen molar-refractivity contribution < 1.29 is 13.9 Å². The van der Waals surface area contributed by atoms with Gasteiger partial charge < -0.3 is 20.3 Å². The van der Waals surface area contributed by atoms with Crippen LogP contribution in [0.5, 0.6) is 5.88 Å². The van der Waals surface area contributed by atoms with E-state index in [9.17, 15) is 9.18 Å². The maximum absolute atomic E-state index is 13.8. The van der Waals surface area contributed by atoms with E-state index >= 15 is 0 Å². The fourth-order valence-electron chi connectivity index (χ4n) is 4.37. The Hall–Kier alpha value is -2.90. The molecule has 0 bridgehead atoms. The minimum atomic E-state index is -0.289. The SMILES string of the molecule is COc1cc(N2C[C@@H]3CN(C(C)=O)[C@@H](c4cccc(F)c4)[C@@H]3C2)nc(N)n1. The van der Waals surface area contributed by atoms with Gasteiger partial charge in [0.05, 0.1) is 13.2 Å². The van der Waals surface area contributed by atoms with E-state index < -0.39 is 0 Å². The number of nitrogen functional groups attached to an aromatic ring is 1. The minimum absolute atomic E-state index is 0.0122. The van der Waals surface area contributed by atoms with E-state index in [1.807, 2.05) is 11.0 Å². The number of benzene rings is 1. The van der Waals surface area contributed by atoms with Crippen molar-refractivity contribution in [2.24, 2.45) is 11.8 Å². The highest BCUT2D eigenvalue weighted by molar-refractivity contribution is 5.74. The second-order valence-electron chi connectivity index (χ2n) is 7.13. The van der Waals surface area contributed by atoms with E-state index in [-0.39, 0.29) is 35.6 Å². The lowest BCUT2D eigenvalue weighted by Crippen LogP contribution is -2.34. The van der Waals surface area contributed by atoms with Crippen molar-refractivity contribution in [3.63, 3.8) is 0 Å². The highest BCUT2D eigenvalue weighted by atomic mass is 19.1. The zero-order chi connectivity index (χ0) is 19.1. The highest BCUT2D eigenvalue weighted by Gasteiger charge is 2.48. The Balaban J connectivity index is 1.64. The van der Waals surface area contributed by atoms with Gasteiger partial charge in [0.25, 0.3) is 0 Å². The van der Waals surface area contributed by atoms with Crippen molar-refractivity contribution in [2.45, 2.75) is 13.0 Å². The Morgan fingerprint density at radius 3 is 2.78 bits per heavy atom. The molecule has 2 aliphatic rings. The van der Waals surface area contributed by atoms with Crippen LogP contribution >= 0.6 is 0 Å². The standard InChI is InChI=1S/C19H22FN5O2/c1-11(26)25-9-13-8-24(16-7-17(27-2)23-19(21)22-16)10-15(13)18(25)12-4-3-5-14(20)6-12/h3-7,13,15,18H,8-10H2,1-2H3,(H2,21,22,23)/t13-,15-,18+/m1/s1. The Morgan fingerprint density at radius 1 is 1.26 bits per heavy atom. The average molecular weight is 371 g/mol. The molecule has 2 N–H and O–H groups in total. The molecule has 1 aromatic carbocycles. The summed E-state index contributed by atoms with van der Waals surface area (Å²) in [4.78, 5) is 24.5. The van der Waals surface area contributed by atoms with Crippen molar-refractivity contribution in [2.75, 3.05) is 37.4 Å². The van der Waals surface area contributed by atoms with E-state index in [1.165, 1.54) is 19.2 Å². The Labute approximate surface area is 157 Å². The maximum Gasteiger partial charge on any atom is 0.225 e. The molecule has 27 heavy (non-hydrogen) atoms. The van der Waals surface area contributed by atoms with Crippen LogP contribution in [0.2, 0.25) is 0 Å². The quantitative estimate of drug-likeness (QED) is 0.887.